The van der Waals surface area contributed by atoms with Crippen molar-refractivity contribution in [3.8, 4) is 10.6 Å². The lowest BCUT2D eigenvalue weighted by Gasteiger charge is -2.10. The van der Waals surface area contributed by atoms with Crippen molar-refractivity contribution in [2.24, 2.45) is 5.41 Å². The number of hydrogen-bond donors (Lipinski definition) is 0. The molecule has 0 bridgehead atoms. The van der Waals surface area contributed by atoms with Gasteiger partial charge in [-0.15, -0.1) is 34.5 Å². The average molecular weight is 348 g/mol. The van der Waals surface area contributed by atoms with Gasteiger partial charge >= 0.3 is 5.97 Å². The summed E-state index contributed by atoms with van der Waals surface area (Å²) in [6.45, 7) is 1.87. The Morgan fingerprint density at radius 1 is 1.50 bits per heavy atom. The number of carbonyl (C=O) groups is 1. The van der Waals surface area contributed by atoms with Gasteiger partial charge in [-0.1, -0.05) is 0 Å². The second-order valence-electron chi connectivity index (χ2n) is 4.95. The SMILES string of the molecule is CC1(C(=O)OCc2csc(-c3ccsc3)n2)CC1(Cl)Cl. The number of rotatable bonds is 4. The monoisotopic (exact) mass is 347 g/mol. The highest BCUT2D eigenvalue weighted by atomic mass is 35.5. The number of alkyl halides is 2. The highest BCUT2D eigenvalue weighted by Crippen LogP contribution is 2.64. The third-order valence-corrected chi connectivity index (χ3v) is 6.10. The first-order chi connectivity index (χ1) is 9.42. The Bertz CT molecular complexity index is 639. The van der Waals surface area contributed by atoms with Gasteiger partial charge in [0.2, 0.25) is 0 Å². The van der Waals surface area contributed by atoms with Crippen LogP contribution in [-0.4, -0.2) is 15.3 Å². The molecule has 0 spiro atoms. The van der Waals surface area contributed by atoms with Gasteiger partial charge in [-0.2, -0.15) is 11.3 Å². The van der Waals surface area contributed by atoms with E-state index in [0.29, 0.717) is 6.42 Å². The maximum atomic E-state index is 11.9. The van der Waals surface area contributed by atoms with Crippen LogP contribution in [0, 0.1) is 5.41 Å². The molecule has 2 aromatic heterocycles. The molecule has 3 nitrogen and oxygen atoms in total. The predicted octanol–water partition coefficient (Wildman–Crippen LogP) is 4.50. The first-order valence-corrected chi connectivity index (χ1v) is 8.52. The van der Waals surface area contributed by atoms with Crippen molar-refractivity contribution in [1.29, 1.82) is 0 Å². The summed E-state index contributed by atoms with van der Waals surface area (Å²) in [7, 11) is 0. The van der Waals surface area contributed by atoms with Crippen LogP contribution in [0.2, 0.25) is 0 Å². The third-order valence-electron chi connectivity index (χ3n) is 3.38. The molecular formula is C13H11Cl2NO2S2. The van der Waals surface area contributed by atoms with Gasteiger partial charge in [-0.05, 0) is 18.4 Å². The minimum Gasteiger partial charge on any atom is -0.459 e. The highest BCUT2D eigenvalue weighted by Gasteiger charge is 2.69. The van der Waals surface area contributed by atoms with Crippen molar-refractivity contribution < 1.29 is 9.53 Å². The molecule has 2 heterocycles. The van der Waals surface area contributed by atoms with Crippen molar-refractivity contribution in [3.05, 3.63) is 27.9 Å². The summed E-state index contributed by atoms with van der Waals surface area (Å²) in [5, 5.41) is 6.86. The van der Waals surface area contributed by atoms with Crippen LogP contribution >= 0.6 is 45.9 Å². The normalized spacial score (nSPS) is 23.6. The first kappa shape index (κ1) is 14.3. The number of halogens is 2. The predicted molar refractivity (Wildman–Crippen MR) is 82.4 cm³/mol. The highest BCUT2D eigenvalue weighted by molar-refractivity contribution is 7.14. The quantitative estimate of drug-likeness (QED) is 0.603. The van der Waals surface area contributed by atoms with E-state index in [9.17, 15) is 4.79 Å². The summed E-state index contributed by atoms with van der Waals surface area (Å²) >= 11 is 15.1. The molecular weight excluding hydrogens is 337 g/mol. The molecule has 7 heteroatoms. The second-order valence-corrected chi connectivity index (χ2v) is 8.07. The molecule has 2 aromatic rings. The molecule has 1 aliphatic rings. The molecule has 1 unspecified atom stereocenters. The molecule has 0 N–H and O–H groups in total. The Labute approximate surface area is 134 Å². The van der Waals surface area contributed by atoms with Crippen molar-refractivity contribution in [3.63, 3.8) is 0 Å². The molecule has 1 fully saturated rings. The first-order valence-electron chi connectivity index (χ1n) is 5.94. The lowest BCUT2D eigenvalue weighted by atomic mass is 10.1. The summed E-state index contributed by atoms with van der Waals surface area (Å²) in [4.78, 5) is 16.4. The average Bonchev–Trinajstić information content (AvgIpc) is 2.92. The minimum absolute atomic E-state index is 0.152. The van der Waals surface area contributed by atoms with Crippen molar-refractivity contribution in [1.82, 2.24) is 4.98 Å². The molecule has 106 valence electrons. The number of aromatic nitrogens is 1. The summed E-state index contributed by atoms with van der Waals surface area (Å²) in [6, 6.07) is 2.01. The van der Waals surface area contributed by atoms with Crippen LogP contribution in [0.25, 0.3) is 10.6 Å². The van der Waals surface area contributed by atoms with E-state index in [2.05, 4.69) is 4.98 Å². The fourth-order valence-corrected chi connectivity index (χ4v) is 4.02. The summed E-state index contributed by atoms with van der Waals surface area (Å²) < 4.78 is 4.27. The molecule has 20 heavy (non-hydrogen) atoms. The number of esters is 1. The van der Waals surface area contributed by atoms with E-state index in [-0.39, 0.29) is 12.6 Å². The van der Waals surface area contributed by atoms with Crippen LogP contribution in [0.1, 0.15) is 19.0 Å². The standard InChI is InChI=1S/C13H11Cl2NO2S2/c1-12(7-13(12,14)15)11(17)18-4-9-6-20-10(16-9)8-2-3-19-5-8/h2-3,5-6H,4,7H2,1H3. The van der Waals surface area contributed by atoms with Crippen LogP contribution in [0.15, 0.2) is 22.2 Å². The van der Waals surface area contributed by atoms with Crippen molar-refractivity contribution in [2.75, 3.05) is 0 Å². The van der Waals surface area contributed by atoms with Gasteiger partial charge in [-0.3, -0.25) is 4.79 Å². The van der Waals surface area contributed by atoms with Crippen LogP contribution in [0.4, 0.5) is 0 Å². The molecule has 0 radical (unpaired) electrons. The number of hydrogen-bond acceptors (Lipinski definition) is 5. The fourth-order valence-electron chi connectivity index (χ4n) is 1.81. The van der Waals surface area contributed by atoms with Crippen LogP contribution in [0.3, 0.4) is 0 Å². The summed E-state index contributed by atoms with van der Waals surface area (Å²) in [5.41, 5.74) is 1.04. The number of ether oxygens (including phenoxy) is 1. The minimum atomic E-state index is -0.992. The maximum Gasteiger partial charge on any atom is 0.315 e. The lowest BCUT2D eigenvalue weighted by molar-refractivity contribution is -0.151. The molecule has 1 aliphatic carbocycles. The molecule has 0 saturated heterocycles. The smallest absolute Gasteiger partial charge is 0.315 e. The van der Waals surface area contributed by atoms with E-state index in [4.69, 9.17) is 27.9 Å². The maximum absolute atomic E-state index is 11.9. The van der Waals surface area contributed by atoms with E-state index >= 15 is 0 Å². The van der Waals surface area contributed by atoms with Gasteiger partial charge in [0.1, 0.15) is 21.4 Å². The van der Waals surface area contributed by atoms with Crippen LogP contribution in [-0.2, 0) is 16.1 Å². The zero-order valence-electron chi connectivity index (χ0n) is 10.6. The number of thiophene rings is 1. The van der Waals surface area contributed by atoms with E-state index < -0.39 is 9.75 Å². The van der Waals surface area contributed by atoms with Gasteiger partial charge in [-0.25, -0.2) is 4.98 Å². The van der Waals surface area contributed by atoms with E-state index in [1.165, 1.54) is 11.3 Å². The Kier molecular flexibility index (Phi) is 3.57. The number of carbonyl (C=O) groups excluding carboxylic acids is 1. The summed E-state index contributed by atoms with van der Waals surface area (Å²) in [5.74, 6) is -0.368. The fraction of sp³-hybridized carbons (Fsp3) is 0.385. The number of thiazole rings is 1. The molecule has 1 saturated carbocycles. The Balaban J connectivity index is 1.61. The van der Waals surface area contributed by atoms with Gasteiger partial charge < -0.3 is 4.74 Å². The second kappa shape index (κ2) is 4.98. The van der Waals surface area contributed by atoms with Crippen LogP contribution in [0.5, 0.6) is 0 Å². The van der Waals surface area contributed by atoms with Crippen LogP contribution < -0.4 is 0 Å². The molecule has 0 aliphatic heterocycles. The summed E-state index contributed by atoms with van der Waals surface area (Å²) in [6.07, 6.45) is 0.430. The topological polar surface area (TPSA) is 39.2 Å². The third kappa shape index (κ3) is 2.48. The van der Waals surface area contributed by atoms with Crippen molar-refractivity contribution in [2.45, 2.75) is 24.3 Å². The molecule has 0 amide bonds. The Morgan fingerprint density at radius 3 is 2.85 bits per heavy atom. The zero-order valence-corrected chi connectivity index (χ0v) is 13.7. The lowest BCUT2D eigenvalue weighted by Crippen LogP contribution is -2.21. The van der Waals surface area contributed by atoms with Crippen molar-refractivity contribution >= 4 is 51.8 Å². The van der Waals surface area contributed by atoms with Gasteiger partial charge in [0, 0.05) is 22.7 Å². The largest absolute Gasteiger partial charge is 0.459 e. The zero-order chi connectivity index (χ0) is 14.4. The van der Waals surface area contributed by atoms with Gasteiger partial charge in [0.15, 0.2) is 0 Å². The molecule has 3 rings (SSSR count). The Morgan fingerprint density at radius 2 is 2.25 bits per heavy atom. The van der Waals surface area contributed by atoms with E-state index in [1.807, 2.05) is 22.2 Å². The molecule has 0 aromatic carbocycles. The van der Waals surface area contributed by atoms with Gasteiger partial charge in [0.25, 0.3) is 0 Å². The van der Waals surface area contributed by atoms with Gasteiger partial charge in [0.05, 0.1) is 5.69 Å². The molecule has 1 atom stereocenters. The Hall–Kier alpha value is -0.620. The van der Waals surface area contributed by atoms with E-state index in [0.717, 1.165) is 16.3 Å². The van der Waals surface area contributed by atoms with E-state index in [1.54, 1.807) is 18.3 Å². The number of nitrogens with zero attached hydrogens (tertiary/aromatic N) is 1.